The maximum absolute atomic E-state index is 9.54. The van der Waals surface area contributed by atoms with Crippen molar-refractivity contribution in [1.82, 2.24) is 0 Å². The van der Waals surface area contributed by atoms with E-state index in [1.54, 1.807) is 0 Å². The van der Waals surface area contributed by atoms with Crippen LogP contribution in [0.15, 0.2) is 24.3 Å². The van der Waals surface area contributed by atoms with Crippen LogP contribution in [0.3, 0.4) is 0 Å². The van der Waals surface area contributed by atoms with Gasteiger partial charge >= 0.3 is 0 Å². The highest BCUT2D eigenvalue weighted by atomic mass is 14.3. The van der Waals surface area contributed by atoms with E-state index < -0.39 is 0 Å². The Labute approximate surface area is 168 Å². The van der Waals surface area contributed by atoms with Crippen LogP contribution in [0, 0.1) is 23.2 Å². The van der Waals surface area contributed by atoms with Crippen LogP contribution in [0.1, 0.15) is 121 Å². The zero-order valence-electron chi connectivity index (χ0n) is 18.1. The van der Waals surface area contributed by atoms with Gasteiger partial charge in [0.15, 0.2) is 0 Å². The maximum atomic E-state index is 9.54. The summed E-state index contributed by atoms with van der Waals surface area (Å²) < 4.78 is 0. The summed E-state index contributed by atoms with van der Waals surface area (Å²) >= 11 is 0. The predicted molar refractivity (Wildman–Crippen MR) is 117 cm³/mol. The molecule has 0 bridgehead atoms. The van der Waals surface area contributed by atoms with Crippen LogP contribution >= 0.6 is 0 Å². The molecular weight excluding hydrogens is 326 g/mol. The van der Waals surface area contributed by atoms with Crippen LogP contribution in [-0.2, 0) is 0 Å². The Balaban J connectivity index is 1.78. The second-order valence-electron chi connectivity index (χ2n) is 9.02. The minimum Gasteiger partial charge on any atom is -0.198 e. The second-order valence-corrected chi connectivity index (χ2v) is 9.02. The smallest absolute Gasteiger partial charge is 0.0715 e. The summed E-state index contributed by atoms with van der Waals surface area (Å²) in [5, 5.41) is 9.54. The normalized spacial score (nSPS) is 22.1. The first-order valence-corrected chi connectivity index (χ1v) is 11.7. The molecule has 0 aromatic heterocycles. The van der Waals surface area contributed by atoms with Crippen molar-refractivity contribution in [2.75, 3.05) is 0 Å². The van der Waals surface area contributed by atoms with Crippen molar-refractivity contribution in [2.24, 2.45) is 11.8 Å². The highest BCUT2D eigenvalue weighted by molar-refractivity contribution is 5.30. The molecule has 1 nitrogen and oxygen atoms in total. The largest absolute Gasteiger partial charge is 0.198 e. The van der Waals surface area contributed by atoms with E-state index in [4.69, 9.17) is 0 Å². The quantitative estimate of drug-likeness (QED) is 0.360. The molecule has 2 rings (SSSR count). The fourth-order valence-corrected chi connectivity index (χ4v) is 4.65. The summed E-state index contributed by atoms with van der Waals surface area (Å²) in [6.07, 6.45) is 16.2. The lowest BCUT2D eigenvalue weighted by molar-refractivity contribution is 0.302. The Morgan fingerprint density at radius 1 is 0.963 bits per heavy atom. The molecule has 150 valence electrons. The van der Waals surface area contributed by atoms with Crippen LogP contribution in [0.25, 0.3) is 0 Å². The number of hydrogen-bond acceptors (Lipinski definition) is 1. The lowest BCUT2D eigenvalue weighted by Crippen LogP contribution is -2.13. The van der Waals surface area contributed by atoms with Gasteiger partial charge in [0, 0.05) is 0 Å². The molecule has 1 aliphatic carbocycles. The summed E-state index contributed by atoms with van der Waals surface area (Å²) in [5.41, 5.74) is 2.71. The first-order valence-electron chi connectivity index (χ1n) is 11.7. The van der Waals surface area contributed by atoms with Gasteiger partial charge in [0.25, 0.3) is 0 Å². The number of nitrogens with zero attached hydrogens (tertiary/aromatic N) is 1. The van der Waals surface area contributed by atoms with Crippen LogP contribution in [-0.4, -0.2) is 0 Å². The lowest BCUT2D eigenvalue weighted by Gasteiger charge is -2.29. The molecule has 1 saturated carbocycles. The monoisotopic (exact) mass is 367 g/mol. The third-order valence-corrected chi connectivity index (χ3v) is 6.86. The fraction of sp³-hybridized carbons (Fsp3) is 0.731. The number of benzene rings is 1. The molecule has 1 aromatic carbocycles. The van der Waals surface area contributed by atoms with E-state index in [2.05, 4.69) is 51.1 Å². The van der Waals surface area contributed by atoms with Crippen molar-refractivity contribution in [2.45, 2.75) is 110 Å². The molecule has 27 heavy (non-hydrogen) atoms. The second kappa shape index (κ2) is 12.2. The minimum absolute atomic E-state index is 0.0532. The van der Waals surface area contributed by atoms with Gasteiger partial charge in [-0.25, -0.2) is 0 Å². The van der Waals surface area contributed by atoms with Gasteiger partial charge in [-0.1, -0.05) is 90.0 Å². The minimum atomic E-state index is 0.0532. The van der Waals surface area contributed by atoms with E-state index in [1.807, 2.05) is 0 Å². The Morgan fingerprint density at radius 2 is 1.63 bits per heavy atom. The summed E-state index contributed by atoms with van der Waals surface area (Å²) in [4.78, 5) is 0. The highest BCUT2D eigenvalue weighted by Gasteiger charge is 2.22. The van der Waals surface area contributed by atoms with Crippen LogP contribution in [0.5, 0.6) is 0 Å². The zero-order valence-corrected chi connectivity index (χ0v) is 18.1. The Kier molecular flexibility index (Phi) is 9.96. The molecule has 0 spiro atoms. The van der Waals surface area contributed by atoms with Gasteiger partial charge in [-0.05, 0) is 61.0 Å². The first kappa shape index (κ1) is 22.0. The summed E-state index contributed by atoms with van der Waals surface area (Å²) in [7, 11) is 0. The molecule has 0 heterocycles. The number of hydrogen-bond donors (Lipinski definition) is 0. The molecule has 2 atom stereocenters. The number of nitriles is 1. The molecule has 1 aliphatic rings. The lowest BCUT2D eigenvalue weighted by atomic mass is 9.76. The predicted octanol–water partition coefficient (Wildman–Crippen LogP) is 8.36. The Bertz CT molecular complexity index is 545. The molecule has 0 radical (unpaired) electrons. The van der Waals surface area contributed by atoms with Crippen molar-refractivity contribution in [3.63, 3.8) is 0 Å². The van der Waals surface area contributed by atoms with Crippen LogP contribution < -0.4 is 0 Å². The number of rotatable bonds is 11. The third kappa shape index (κ3) is 7.33. The van der Waals surface area contributed by atoms with Gasteiger partial charge in [-0.15, -0.1) is 0 Å². The van der Waals surface area contributed by atoms with E-state index in [0.29, 0.717) is 5.92 Å². The molecule has 1 aromatic rings. The van der Waals surface area contributed by atoms with Crippen molar-refractivity contribution >= 4 is 0 Å². The summed E-state index contributed by atoms with van der Waals surface area (Å²) in [6.45, 7) is 6.75. The third-order valence-electron chi connectivity index (χ3n) is 6.86. The van der Waals surface area contributed by atoms with E-state index in [-0.39, 0.29) is 5.92 Å². The first-order chi connectivity index (χ1) is 13.2. The summed E-state index contributed by atoms with van der Waals surface area (Å²) in [6, 6.07) is 11.6. The summed E-state index contributed by atoms with van der Waals surface area (Å²) in [5.74, 6) is 2.38. The average Bonchev–Trinajstić information content (AvgIpc) is 2.72. The highest BCUT2D eigenvalue weighted by Crippen LogP contribution is 2.38. The average molecular weight is 368 g/mol. The molecule has 2 unspecified atom stereocenters. The van der Waals surface area contributed by atoms with Gasteiger partial charge in [0.1, 0.15) is 0 Å². The van der Waals surface area contributed by atoms with Gasteiger partial charge < -0.3 is 0 Å². The van der Waals surface area contributed by atoms with Gasteiger partial charge in [0.2, 0.25) is 0 Å². The van der Waals surface area contributed by atoms with Gasteiger partial charge in [-0.2, -0.15) is 5.26 Å². The molecule has 0 N–H and O–H groups in total. The van der Waals surface area contributed by atoms with E-state index in [9.17, 15) is 5.26 Å². The Morgan fingerprint density at radius 3 is 2.22 bits per heavy atom. The van der Waals surface area contributed by atoms with Crippen LogP contribution in [0.4, 0.5) is 0 Å². The van der Waals surface area contributed by atoms with E-state index in [1.165, 1.54) is 75.3 Å². The molecule has 1 heteroatoms. The van der Waals surface area contributed by atoms with Crippen LogP contribution in [0.2, 0.25) is 0 Å². The van der Waals surface area contributed by atoms with Crippen molar-refractivity contribution in [1.29, 1.82) is 5.26 Å². The molecule has 0 aliphatic heterocycles. The standard InChI is InChI=1S/C26H41N/c1-4-6-7-8-9-10-22-11-13-23(14-12-22)24-15-17-25(18-16-24)26(20-27)19-21(3)5-2/h15-18,21-23,26H,4-14,19H2,1-3H3. The van der Waals surface area contributed by atoms with Gasteiger partial charge in [0.05, 0.1) is 12.0 Å². The zero-order chi connectivity index (χ0) is 19.5. The molecule has 0 amide bonds. The maximum Gasteiger partial charge on any atom is 0.0715 e. The SMILES string of the molecule is CCCCCCCC1CCC(c2ccc(C(C#N)CC(C)CC)cc2)CC1. The molecular formula is C26H41N. The van der Waals surface area contributed by atoms with Gasteiger partial charge in [-0.3, -0.25) is 0 Å². The molecule has 0 saturated heterocycles. The Hall–Kier alpha value is -1.29. The van der Waals surface area contributed by atoms with Crippen molar-refractivity contribution < 1.29 is 0 Å². The van der Waals surface area contributed by atoms with Crippen molar-refractivity contribution in [3.8, 4) is 6.07 Å². The van der Waals surface area contributed by atoms with E-state index in [0.717, 1.165) is 24.7 Å². The van der Waals surface area contributed by atoms with Crippen molar-refractivity contribution in [3.05, 3.63) is 35.4 Å². The fourth-order valence-electron chi connectivity index (χ4n) is 4.65. The number of unbranched alkanes of at least 4 members (excludes halogenated alkanes) is 4. The molecule has 1 fully saturated rings. The topological polar surface area (TPSA) is 23.8 Å². The van der Waals surface area contributed by atoms with E-state index >= 15 is 0 Å².